The van der Waals surface area contributed by atoms with E-state index in [0.717, 1.165) is 55.3 Å². The molecule has 0 radical (unpaired) electrons. The summed E-state index contributed by atoms with van der Waals surface area (Å²) in [5, 5.41) is 9.74. The van der Waals surface area contributed by atoms with Gasteiger partial charge in [0.2, 0.25) is 0 Å². The third-order valence-electron chi connectivity index (χ3n) is 4.09. The second-order valence-corrected chi connectivity index (χ2v) is 6.35. The molecular formula is C16H23N5S. The van der Waals surface area contributed by atoms with Gasteiger partial charge >= 0.3 is 0 Å². The van der Waals surface area contributed by atoms with Crippen LogP contribution in [0.25, 0.3) is 11.4 Å². The van der Waals surface area contributed by atoms with Crippen LogP contribution in [0.5, 0.6) is 0 Å². The minimum Gasteiger partial charge on any atom is -0.303 e. The highest BCUT2D eigenvalue weighted by Crippen LogP contribution is 2.28. The fourth-order valence-electron chi connectivity index (χ4n) is 2.67. The molecule has 2 heterocycles. The number of benzene rings is 1. The molecule has 2 aromatic rings. The van der Waals surface area contributed by atoms with Crippen LogP contribution < -0.4 is 0 Å². The van der Waals surface area contributed by atoms with Gasteiger partial charge in [-0.05, 0) is 13.1 Å². The summed E-state index contributed by atoms with van der Waals surface area (Å²) in [5.74, 6) is 1.96. The number of hydrogen-bond donors (Lipinski definition) is 0. The van der Waals surface area contributed by atoms with Gasteiger partial charge in [0.25, 0.3) is 0 Å². The number of rotatable bonds is 6. The third kappa shape index (κ3) is 3.34. The van der Waals surface area contributed by atoms with E-state index < -0.39 is 0 Å². The molecule has 0 bridgehead atoms. The third-order valence-corrected chi connectivity index (χ3v) is 5.15. The predicted octanol–water partition coefficient (Wildman–Crippen LogP) is 2.61. The first-order valence-electron chi connectivity index (χ1n) is 7.88. The van der Waals surface area contributed by atoms with Crippen LogP contribution in [0.2, 0.25) is 0 Å². The molecule has 1 aromatic carbocycles. The molecule has 0 unspecified atom stereocenters. The number of nitrogens with zero attached hydrogens (tertiary/aromatic N) is 5. The average molecular weight is 317 g/mol. The van der Waals surface area contributed by atoms with Gasteiger partial charge in [-0.3, -0.25) is 9.47 Å². The van der Waals surface area contributed by atoms with Gasteiger partial charge in [-0.2, -0.15) is 0 Å². The van der Waals surface area contributed by atoms with Gasteiger partial charge in [0.15, 0.2) is 11.0 Å². The SMILES string of the molecule is CCN(CC)CCN1CSc2nnc(-c3ccccc3)n2C1. The number of hydrogen-bond acceptors (Lipinski definition) is 5. The predicted molar refractivity (Wildman–Crippen MR) is 90.7 cm³/mol. The second kappa shape index (κ2) is 7.26. The van der Waals surface area contributed by atoms with Crippen LogP contribution in [0.3, 0.4) is 0 Å². The summed E-state index contributed by atoms with van der Waals surface area (Å²) in [6.07, 6.45) is 0. The largest absolute Gasteiger partial charge is 0.303 e. The van der Waals surface area contributed by atoms with Crippen LogP contribution in [-0.4, -0.2) is 56.6 Å². The highest BCUT2D eigenvalue weighted by molar-refractivity contribution is 7.99. The molecule has 0 amide bonds. The van der Waals surface area contributed by atoms with Crippen LogP contribution >= 0.6 is 11.8 Å². The molecule has 0 aliphatic carbocycles. The van der Waals surface area contributed by atoms with E-state index in [0.29, 0.717) is 0 Å². The second-order valence-electron chi connectivity index (χ2n) is 5.44. The first-order chi connectivity index (χ1) is 10.8. The van der Waals surface area contributed by atoms with Crippen LogP contribution in [0.15, 0.2) is 35.5 Å². The van der Waals surface area contributed by atoms with E-state index in [1.165, 1.54) is 0 Å². The number of fused-ring (bicyclic) bond motifs is 1. The smallest absolute Gasteiger partial charge is 0.193 e. The quantitative estimate of drug-likeness (QED) is 0.818. The molecule has 3 rings (SSSR count). The zero-order valence-electron chi connectivity index (χ0n) is 13.3. The molecule has 1 aromatic heterocycles. The summed E-state index contributed by atoms with van der Waals surface area (Å²) in [7, 11) is 0. The summed E-state index contributed by atoms with van der Waals surface area (Å²) in [6.45, 7) is 9.75. The Bertz CT molecular complexity index is 594. The number of aromatic nitrogens is 3. The zero-order chi connectivity index (χ0) is 15.4. The van der Waals surface area contributed by atoms with Crippen LogP contribution in [0.4, 0.5) is 0 Å². The summed E-state index contributed by atoms with van der Waals surface area (Å²) in [5.41, 5.74) is 1.13. The molecule has 1 aliphatic rings. The maximum atomic E-state index is 4.39. The molecule has 118 valence electrons. The van der Waals surface area contributed by atoms with Crippen molar-refractivity contribution in [2.75, 3.05) is 32.1 Å². The summed E-state index contributed by atoms with van der Waals surface area (Å²) < 4.78 is 2.23. The van der Waals surface area contributed by atoms with E-state index in [4.69, 9.17) is 0 Å². The molecule has 0 fully saturated rings. The fourth-order valence-corrected chi connectivity index (χ4v) is 3.58. The molecule has 1 aliphatic heterocycles. The Hall–Kier alpha value is -1.37. The molecule has 0 saturated heterocycles. The van der Waals surface area contributed by atoms with Gasteiger partial charge in [-0.25, -0.2) is 0 Å². The van der Waals surface area contributed by atoms with Crippen molar-refractivity contribution in [3.05, 3.63) is 30.3 Å². The van der Waals surface area contributed by atoms with Gasteiger partial charge in [-0.15, -0.1) is 10.2 Å². The number of thioether (sulfide) groups is 1. The van der Waals surface area contributed by atoms with E-state index >= 15 is 0 Å². The van der Waals surface area contributed by atoms with Crippen molar-refractivity contribution in [1.82, 2.24) is 24.6 Å². The van der Waals surface area contributed by atoms with Crippen molar-refractivity contribution in [3.8, 4) is 11.4 Å². The number of likely N-dealkylation sites (N-methyl/N-ethyl adjacent to an activating group) is 1. The molecule has 22 heavy (non-hydrogen) atoms. The van der Waals surface area contributed by atoms with Crippen molar-refractivity contribution in [2.45, 2.75) is 25.7 Å². The Balaban J connectivity index is 1.71. The summed E-state index contributed by atoms with van der Waals surface area (Å²) in [6, 6.07) is 10.3. The maximum Gasteiger partial charge on any atom is 0.193 e. The minimum absolute atomic E-state index is 0.876. The Morgan fingerprint density at radius 2 is 1.91 bits per heavy atom. The molecular weight excluding hydrogens is 294 g/mol. The molecule has 0 N–H and O–H groups in total. The molecule has 0 atom stereocenters. The Morgan fingerprint density at radius 1 is 1.14 bits per heavy atom. The van der Waals surface area contributed by atoms with E-state index in [-0.39, 0.29) is 0 Å². The monoisotopic (exact) mass is 317 g/mol. The van der Waals surface area contributed by atoms with Crippen molar-refractivity contribution in [1.29, 1.82) is 0 Å². The summed E-state index contributed by atoms with van der Waals surface area (Å²) in [4.78, 5) is 4.93. The topological polar surface area (TPSA) is 37.2 Å². The lowest BCUT2D eigenvalue weighted by Crippen LogP contribution is -2.37. The molecule has 0 spiro atoms. The van der Waals surface area contributed by atoms with E-state index in [2.05, 4.69) is 50.5 Å². The lowest BCUT2D eigenvalue weighted by Gasteiger charge is -2.29. The van der Waals surface area contributed by atoms with E-state index in [1.54, 1.807) is 11.8 Å². The van der Waals surface area contributed by atoms with Crippen molar-refractivity contribution < 1.29 is 0 Å². The lowest BCUT2D eigenvalue weighted by molar-refractivity contribution is 0.195. The molecule has 6 heteroatoms. The first kappa shape index (κ1) is 15.5. The summed E-state index contributed by atoms with van der Waals surface area (Å²) >= 11 is 1.78. The maximum absolute atomic E-state index is 4.39. The van der Waals surface area contributed by atoms with Crippen LogP contribution in [0.1, 0.15) is 13.8 Å². The van der Waals surface area contributed by atoms with Crippen molar-refractivity contribution in [3.63, 3.8) is 0 Å². The Labute approximate surface area is 136 Å². The Kier molecular flexibility index (Phi) is 5.12. The van der Waals surface area contributed by atoms with Gasteiger partial charge < -0.3 is 4.90 Å². The first-order valence-corrected chi connectivity index (χ1v) is 8.86. The van der Waals surface area contributed by atoms with Crippen molar-refractivity contribution >= 4 is 11.8 Å². The normalized spacial score (nSPS) is 15.2. The van der Waals surface area contributed by atoms with Crippen molar-refractivity contribution in [2.24, 2.45) is 0 Å². The highest BCUT2D eigenvalue weighted by Gasteiger charge is 2.22. The van der Waals surface area contributed by atoms with Gasteiger partial charge in [-0.1, -0.05) is 55.9 Å². The van der Waals surface area contributed by atoms with Gasteiger partial charge in [0.05, 0.1) is 12.5 Å². The minimum atomic E-state index is 0.876. The standard InChI is InChI=1S/C16H23N5S/c1-3-19(4-2)10-11-20-12-21-15(14-8-6-5-7-9-14)17-18-16(21)22-13-20/h5-9H,3-4,10-13H2,1-2H3. The molecule has 5 nitrogen and oxygen atoms in total. The average Bonchev–Trinajstić information content (AvgIpc) is 3.00. The fraction of sp³-hybridized carbons (Fsp3) is 0.500. The molecule has 0 saturated carbocycles. The zero-order valence-corrected chi connectivity index (χ0v) is 14.1. The van der Waals surface area contributed by atoms with Gasteiger partial charge in [0, 0.05) is 18.7 Å². The Morgan fingerprint density at radius 3 is 2.64 bits per heavy atom. The van der Waals surface area contributed by atoms with E-state index in [1.807, 2.05) is 18.2 Å². The van der Waals surface area contributed by atoms with Crippen LogP contribution in [-0.2, 0) is 6.67 Å². The van der Waals surface area contributed by atoms with E-state index in [9.17, 15) is 0 Å². The van der Waals surface area contributed by atoms with Crippen LogP contribution in [0, 0.1) is 0 Å². The van der Waals surface area contributed by atoms with Gasteiger partial charge in [0.1, 0.15) is 0 Å². The highest BCUT2D eigenvalue weighted by atomic mass is 32.2. The lowest BCUT2D eigenvalue weighted by atomic mass is 10.2.